The first-order chi connectivity index (χ1) is 71.1. The summed E-state index contributed by atoms with van der Waals surface area (Å²) in [7, 11) is 0. The number of rotatable bonds is 18. The highest BCUT2D eigenvalue weighted by Crippen LogP contribution is 2.48. The summed E-state index contributed by atoms with van der Waals surface area (Å²) in [6, 6.07) is 149. The van der Waals surface area contributed by atoms with Crippen molar-refractivity contribution < 1.29 is 19.2 Å². The smallest absolute Gasteiger partial charge is 0.268 e. The number of amides is 4. The van der Waals surface area contributed by atoms with Crippen LogP contribution in [-0.4, -0.2) is 92.6 Å². The molecule has 26 rings (SSSR count). The van der Waals surface area contributed by atoms with E-state index < -0.39 is 17.7 Å². The first-order valence-corrected chi connectivity index (χ1v) is 47.1. The topological polar surface area (TPSA) is 239 Å². The Morgan fingerprint density at radius 2 is 0.354 bits per heavy atom. The molecule has 2 aliphatic rings. The second-order valence-electron chi connectivity index (χ2n) is 34.7. The van der Waals surface area contributed by atoms with Crippen LogP contribution >= 0.6 is 0 Å². The fourth-order valence-corrected chi connectivity index (χ4v) is 19.4. The van der Waals surface area contributed by atoms with Crippen LogP contribution in [0.3, 0.4) is 0 Å². The molecule has 0 N–H and O–H groups in total. The van der Waals surface area contributed by atoms with Crippen LogP contribution in [0, 0.1) is 0 Å². The Morgan fingerprint density at radius 3 is 0.632 bits per heavy atom. The highest BCUT2D eigenvalue weighted by Gasteiger charge is 2.43. The molecule has 2 aliphatic heterocycles. The maximum absolute atomic E-state index is 15.3. The van der Waals surface area contributed by atoms with Crippen LogP contribution in [0.25, 0.3) is 214 Å². The van der Waals surface area contributed by atoms with Crippen LogP contribution in [0.15, 0.2) is 461 Å². The molecule has 0 fully saturated rings. The molecule has 20 heteroatoms. The molecule has 20 nitrogen and oxygen atoms in total. The van der Waals surface area contributed by atoms with E-state index in [0.29, 0.717) is 109 Å². The molecule has 6 aromatic heterocycles. The van der Waals surface area contributed by atoms with Gasteiger partial charge in [-0.1, -0.05) is 376 Å². The van der Waals surface area contributed by atoms with Crippen LogP contribution in [0.1, 0.15) is 41.4 Å². The molecule has 0 atom stereocenters. The molecule has 0 unspecified atom stereocenters. The summed E-state index contributed by atoms with van der Waals surface area (Å²) in [6.07, 6.45) is 0. The Morgan fingerprint density at radius 1 is 0.146 bits per heavy atom. The lowest BCUT2D eigenvalue weighted by molar-refractivity contribution is 0.0910. The van der Waals surface area contributed by atoms with Crippen molar-refractivity contribution in [2.45, 2.75) is 0 Å². The van der Waals surface area contributed by atoms with Gasteiger partial charge in [-0.05, 0) is 96.1 Å². The number of imide groups is 2. The molecule has 4 amide bonds. The van der Waals surface area contributed by atoms with Gasteiger partial charge in [0, 0.05) is 99.4 Å². The summed E-state index contributed by atoms with van der Waals surface area (Å²) in [6.45, 7) is 0. The molecule has 144 heavy (non-hydrogen) atoms. The Hall–Kier alpha value is -20.1. The van der Waals surface area contributed by atoms with Crippen LogP contribution in [0.4, 0.5) is 11.4 Å². The molecule has 676 valence electrons. The van der Waals surface area contributed by atoms with Gasteiger partial charge in [-0.15, -0.1) is 0 Å². The van der Waals surface area contributed by atoms with Crippen molar-refractivity contribution >= 4 is 78.6 Å². The van der Waals surface area contributed by atoms with E-state index in [1.807, 2.05) is 437 Å². The van der Waals surface area contributed by atoms with Gasteiger partial charge < -0.3 is 9.13 Å². The number of para-hydroxylation sites is 2. The zero-order valence-electron chi connectivity index (χ0n) is 76.7. The van der Waals surface area contributed by atoms with Crippen molar-refractivity contribution in [1.82, 2.24) is 68.9 Å². The summed E-state index contributed by atoms with van der Waals surface area (Å²) in [5.74, 6) is 4.49. The van der Waals surface area contributed by atoms with Crippen molar-refractivity contribution in [3.63, 3.8) is 0 Å². The number of hydrogen-bond donors (Lipinski definition) is 0. The second-order valence-corrected chi connectivity index (χ2v) is 34.7. The fourth-order valence-electron chi connectivity index (χ4n) is 19.4. The number of benzene rings is 18. The normalized spacial score (nSPS) is 12.2. The first-order valence-electron chi connectivity index (χ1n) is 47.1. The van der Waals surface area contributed by atoms with Gasteiger partial charge in [-0.2, -0.15) is 0 Å². The van der Waals surface area contributed by atoms with Gasteiger partial charge >= 0.3 is 0 Å². The van der Waals surface area contributed by atoms with Gasteiger partial charge in [0.1, 0.15) is 0 Å². The molecule has 0 aliphatic carbocycles. The highest BCUT2D eigenvalue weighted by atomic mass is 16.2. The van der Waals surface area contributed by atoms with Gasteiger partial charge in [-0.25, -0.2) is 69.6 Å². The first kappa shape index (κ1) is 85.5. The monoisotopic (exact) mass is 1850 g/mol. The maximum Gasteiger partial charge on any atom is 0.268 e. The number of hydrogen-bond acceptors (Lipinski definition) is 16. The van der Waals surface area contributed by atoms with Crippen molar-refractivity contribution in [3.05, 3.63) is 483 Å². The van der Waals surface area contributed by atoms with E-state index in [2.05, 4.69) is 21.3 Å². The highest BCUT2D eigenvalue weighted by molar-refractivity contribution is 6.38. The van der Waals surface area contributed by atoms with E-state index in [9.17, 15) is 9.59 Å². The lowest BCUT2D eigenvalue weighted by Crippen LogP contribution is -2.30. The molecule has 0 spiro atoms. The van der Waals surface area contributed by atoms with E-state index in [0.717, 1.165) is 133 Å². The minimum Gasteiger partial charge on any atom is -0.308 e. The van der Waals surface area contributed by atoms with Gasteiger partial charge in [0.2, 0.25) is 0 Å². The Balaban J connectivity index is 0.000000151. The molecule has 18 aromatic carbocycles. The number of aromatic nitrogens is 14. The summed E-state index contributed by atoms with van der Waals surface area (Å²) in [5.41, 5.74) is 19.5. The van der Waals surface area contributed by atoms with Crippen molar-refractivity contribution in [1.29, 1.82) is 0 Å². The van der Waals surface area contributed by atoms with Crippen molar-refractivity contribution in [2.75, 3.05) is 9.80 Å². The minimum atomic E-state index is -0.425. The number of carbonyl (C=O) groups excluding carboxylic acids is 4. The SMILES string of the molecule is O=C1c2cccc(-n3c4ccc(-c5nc(-c6ccccc6)nc(-c6ccccc6)n5)cc4c4cc(-c5nc(-c6ccccc6)nc(-c6ccccc6)n5)ccc43)c2C(=O)N1c1ccccc1-c1ccccc1.O=C1c2cccc(-n3c4cccc(-c5nc(-c6ccccc6)nc(-c6ccccc6)n5)c4c4c(-c5nc(-c6ccccc6)nc(-c6ccccc6)n5)cccc43)c2C(=O)N1c1ccccc1-c1ccccc1. The van der Waals surface area contributed by atoms with E-state index in [-0.39, 0.29) is 11.5 Å². The van der Waals surface area contributed by atoms with Crippen molar-refractivity contribution in [2.24, 2.45) is 0 Å². The van der Waals surface area contributed by atoms with Gasteiger partial charge in [0.25, 0.3) is 23.6 Å². The third-order valence-electron chi connectivity index (χ3n) is 26.1. The van der Waals surface area contributed by atoms with Crippen molar-refractivity contribution in [3.8, 4) is 170 Å². The summed E-state index contributed by atoms with van der Waals surface area (Å²) in [5, 5.41) is 3.29. The lowest BCUT2D eigenvalue weighted by atomic mass is 10.0. The minimum absolute atomic E-state index is 0.288. The number of nitrogens with zero attached hydrogens (tertiary/aromatic N) is 16. The third-order valence-corrected chi connectivity index (χ3v) is 26.1. The lowest BCUT2D eigenvalue weighted by Gasteiger charge is -2.18. The van der Waals surface area contributed by atoms with E-state index in [1.54, 1.807) is 12.1 Å². The molecule has 0 radical (unpaired) electrons. The number of carbonyl (C=O) groups is 4. The van der Waals surface area contributed by atoms with Gasteiger partial charge in [-0.3, -0.25) is 19.2 Å². The molecule has 0 bridgehead atoms. The quantitative estimate of drug-likeness (QED) is 0.0726. The molecule has 0 saturated carbocycles. The largest absolute Gasteiger partial charge is 0.308 e. The summed E-state index contributed by atoms with van der Waals surface area (Å²) in [4.78, 5) is 124. The maximum atomic E-state index is 15.3. The Kier molecular flexibility index (Phi) is 21.6. The van der Waals surface area contributed by atoms with E-state index in [4.69, 9.17) is 59.8 Å². The Labute approximate surface area is 824 Å². The van der Waals surface area contributed by atoms with Crippen LogP contribution in [0.5, 0.6) is 0 Å². The van der Waals surface area contributed by atoms with E-state index in [1.165, 1.54) is 9.80 Å². The van der Waals surface area contributed by atoms with Crippen LogP contribution in [-0.2, 0) is 0 Å². The molecular formula is C124H76N16O4. The summed E-state index contributed by atoms with van der Waals surface area (Å²) >= 11 is 0. The zero-order valence-corrected chi connectivity index (χ0v) is 76.7. The predicted octanol–water partition coefficient (Wildman–Crippen LogP) is 27.2. The molecular weight excluding hydrogens is 1780 g/mol. The number of anilines is 2. The zero-order chi connectivity index (χ0) is 96.2. The standard InChI is InChI=1S/2C62H38N8O2/c71-61-47-34-20-38-51(54(47)62(72)70(61)48-35-17-16-31-44(48)39-21-6-1-7-22-39)69-49-36-18-32-45(59-65-55(40-23-8-2-9-24-40)63-56(66-59)41-25-10-3-11-26-41)52(49)53-46(33-19-37-50(53)69)60-67-57(42-27-12-4-13-28-42)64-58(68-60)43-29-14-5-15-30-43;71-61-47-30-18-32-53(54(47)62(72)70(61)50-31-17-16-29-46(50)39-19-6-1-7-20-39)69-51-35-33-44(59-65-55(40-21-8-2-9-22-40)63-56(66-59)41-23-10-3-11-24-41)37-48(51)49-38-45(34-36-52(49)69)60-67-57(42-25-12-4-13-26-42)64-58(68-60)43-27-14-5-15-28-43/h2*1-38H. The second kappa shape index (κ2) is 36.4. The van der Waals surface area contributed by atoms with Crippen LogP contribution < -0.4 is 9.80 Å². The fraction of sp³-hybridized carbons (Fsp3) is 0. The van der Waals surface area contributed by atoms with Gasteiger partial charge in [0.05, 0.1) is 67.1 Å². The van der Waals surface area contributed by atoms with Gasteiger partial charge in [0.15, 0.2) is 69.9 Å². The molecule has 8 heterocycles. The number of fused-ring (bicyclic) bond motifs is 8. The third kappa shape index (κ3) is 15.4. The predicted molar refractivity (Wildman–Crippen MR) is 566 cm³/mol. The molecule has 0 saturated heterocycles. The van der Waals surface area contributed by atoms with Crippen LogP contribution in [0.2, 0.25) is 0 Å². The average Bonchev–Trinajstić information content (AvgIpc) is 1.55. The molecule has 24 aromatic rings. The van der Waals surface area contributed by atoms with E-state index >= 15 is 9.59 Å². The summed E-state index contributed by atoms with van der Waals surface area (Å²) < 4.78 is 4.15. The Bertz CT molecular complexity index is 8610. The average molecular weight is 1850 g/mol.